The summed E-state index contributed by atoms with van der Waals surface area (Å²) in [6, 6.07) is 7.75. The lowest BCUT2D eigenvalue weighted by Gasteiger charge is -2.05. The fourth-order valence-electron chi connectivity index (χ4n) is 2.35. The topological polar surface area (TPSA) is 48.5 Å². The Hall–Kier alpha value is -2.30. The molecule has 0 bridgehead atoms. The van der Waals surface area contributed by atoms with Crippen molar-refractivity contribution in [2.75, 3.05) is 7.11 Å². The minimum atomic E-state index is -0.112. The Bertz CT molecular complexity index is 830. The van der Waals surface area contributed by atoms with Crippen LogP contribution in [0.2, 0.25) is 0 Å². The first kappa shape index (κ1) is 11.8. The molecule has 0 saturated carbocycles. The van der Waals surface area contributed by atoms with Crippen molar-refractivity contribution in [2.45, 2.75) is 20.4 Å². The summed E-state index contributed by atoms with van der Waals surface area (Å²) in [5.74, 6) is 0.730. The van der Waals surface area contributed by atoms with Gasteiger partial charge in [-0.2, -0.15) is 0 Å². The molecule has 0 fully saturated rings. The number of ether oxygens (including phenoxy) is 1. The first-order valence-electron chi connectivity index (χ1n) is 6.22. The fourth-order valence-corrected chi connectivity index (χ4v) is 2.35. The lowest BCUT2D eigenvalue weighted by atomic mass is 10.1. The monoisotopic (exact) mass is 257 g/mol. The van der Waals surface area contributed by atoms with Crippen LogP contribution in [0.1, 0.15) is 12.5 Å². The second kappa shape index (κ2) is 4.12. The van der Waals surface area contributed by atoms with Crippen molar-refractivity contribution in [1.82, 2.24) is 14.2 Å². The number of pyridine rings is 1. The van der Waals surface area contributed by atoms with Gasteiger partial charge in [0, 0.05) is 12.6 Å². The summed E-state index contributed by atoms with van der Waals surface area (Å²) in [6.07, 6.45) is 0. The van der Waals surface area contributed by atoms with Crippen LogP contribution >= 0.6 is 0 Å². The lowest BCUT2D eigenvalue weighted by molar-refractivity contribution is 0.415. The first-order valence-corrected chi connectivity index (χ1v) is 6.22. The van der Waals surface area contributed by atoms with Gasteiger partial charge >= 0.3 is 5.69 Å². The van der Waals surface area contributed by atoms with E-state index < -0.39 is 0 Å². The number of aromatic nitrogens is 3. The summed E-state index contributed by atoms with van der Waals surface area (Å²) in [5, 5.41) is 5.37. The van der Waals surface area contributed by atoms with Gasteiger partial charge in [0.15, 0.2) is 5.65 Å². The zero-order chi connectivity index (χ0) is 13.6. The molecule has 19 heavy (non-hydrogen) atoms. The van der Waals surface area contributed by atoms with Crippen molar-refractivity contribution < 1.29 is 4.74 Å². The highest BCUT2D eigenvalue weighted by Crippen LogP contribution is 2.23. The molecular weight excluding hydrogens is 242 g/mol. The van der Waals surface area contributed by atoms with Gasteiger partial charge in [-0.15, -0.1) is 5.10 Å². The molecule has 3 rings (SSSR count). The van der Waals surface area contributed by atoms with Crippen molar-refractivity contribution >= 4 is 16.6 Å². The molecule has 5 heteroatoms. The molecule has 0 amide bonds. The van der Waals surface area contributed by atoms with Crippen molar-refractivity contribution in [1.29, 1.82) is 0 Å². The van der Waals surface area contributed by atoms with E-state index in [-0.39, 0.29) is 5.69 Å². The van der Waals surface area contributed by atoms with Crippen molar-refractivity contribution in [2.24, 2.45) is 0 Å². The summed E-state index contributed by atoms with van der Waals surface area (Å²) in [7, 11) is 1.62. The third-order valence-electron chi connectivity index (χ3n) is 3.34. The molecule has 0 atom stereocenters. The molecule has 0 saturated heterocycles. The first-order chi connectivity index (χ1) is 9.15. The summed E-state index contributed by atoms with van der Waals surface area (Å²) in [4.78, 5) is 12.3. The van der Waals surface area contributed by atoms with E-state index in [0.717, 1.165) is 22.2 Å². The number of aryl methyl sites for hydroxylation is 2. The maximum Gasteiger partial charge on any atom is 0.350 e. The van der Waals surface area contributed by atoms with Crippen molar-refractivity contribution in [3.63, 3.8) is 0 Å². The Morgan fingerprint density at radius 1 is 1.32 bits per heavy atom. The van der Waals surface area contributed by atoms with E-state index in [9.17, 15) is 4.79 Å². The molecule has 1 aromatic carbocycles. The van der Waals surface area contributed by atoms with Crippen LogP contribution in [0.25, 0.3) is 16.6 Å². The molecule has 0 aliphatic carbocycles. The minimum Gasteiger partial charge on any atom is -0.497 e. The van der Waals surface area contributed by atoms with Crippen LogP contribution in [0.5, 0.6) is 5.75 Å². The van der Waals surface area contributed by atoms with Gasteiger partial charge in [-0.25, -0.2) is 13.9 Å². The molecule has 0 radical (unpaired) electrons. The smallest absolute Gasteiger partial charge is 0.350 e. The predicted molar refractivity (Wildman–Crippen MR) is 73.9 cm³/mol. The lowest BCUT2D eigenvalue weighted by Crippen LogP contribution is -2.20. The van der Waals surface area contributed by atoms with Crippen molar-refractivity contribution in [3.05, 3.63) is 40.3 Å². The van der Waals surface area contributed by atoms with Crippen LogP contribution in [-0.2, 0) is 6.54 Å². The standard InChI is InChI=1S/C14H15N3O2/c1-4-16-14(18)17-12-8-11(19-3)6-5-10(12)7-9(2)13(17)15-16/h5-8H,4H2,1-3H3. The van der Waals surface area contributed by atoms with Crippen molar-refractivity contribution in [3.8, 4) is 5.75 Å². The van der Waals surface area contributed by atoms with Gasteiger partial charge in [0.25, 0.3) is 0 Å². The number of fused-ring (bicyclic) bond motifs is 3. The van der Waals surface area contributed by atoms with E-state index >= 15 is 0 Å². The minimum absolute atomic E-state index is 0.112. The molecule has 0 aliphatic heterocycles. The van der Waals surface area contributed by atoms with Crippen LogP contribution in [-0.4, -0.2) is 21.3 Å². The number of methoxy groups -OCH3 is 1. The number of rotatable bonds is 2. The Balaban J connectivity index is 2.55. The molecule has 3 aromatic rings. The summed E-state index contributed by atoms with van der Waals surface area (Å²) < 4.78 is 8.35. The van der Waals surface area contributed by atoms with Crippen LogP contribution < -0.4 is 10.4 Å². The van der Waals surface area contributed by atoms with Gasteiger partial charge in [-0.1, -0.05) is 0 Å². The second-order valence-electron chi connectivity index (χ2n) is 4.51. The second-order valence-corrected chi connectivity index (χ2v) is 4.51. The van der Waals surface area contributed by atoms with E-state index in [1.54, 1.807) is 11.5 Å². The van der Waals surface area contributed by atoms with Crippen LogP contribution in [0, 0.1) is 6.92 Å². The Labute approximate surface area is 110 Å². The Morgan fingerprint density at radius 3 is 2.79 bits per heavy atom. The maximum atomic E-state index is 12.3. The quantitative estimate of drug-likeness (QED) is 0.705. The number of hydrogen-bond acceptors (Lipinski definition) is 3. The number of hydrogen-bond donors (Lipinski definition) is 0. The molecule has 5 nitrogen and oxygen atoms in total. The summed E-state index contributed by atoms with van der Waals surface area (Å²) in [5.41, 5.74) is 2.40. The van der Waals surface area contributed by atoms with Gasteiger partial charge < -0.3 is 4.74 Å². The molecule has 0 N–H and O–H groups in total. The van der Waals surface area contributed by atoms with E-state index in [2.05, 4.69) is 5.10 Å². The third kappa shape index (κ3) is 1.62. The zero-order valence-electron chi connectivity index (χ0n) is 11.2. The summed E-state index contributed by atoms with van der Waals surface area (Å²) >= 11 is 0. The Kier molecular flexibility index (Phi) is 2.55. The van der Waals surface area contributed by atoms with Gasteiger partial charge in [-0.05, 0) is 43.0 Å². The normalized spacial score (nSPS) is 11.3. The highest BCUT2D eigenvalue weighted by molar-refractivity contribution is 5.84. The molecular formula is C14H15N3O2. The zero-order valence-corrected chi connectivity index (χ0v) is 11.2. The number of nitrogens with zero attached hydrogens (tertiary/aromatic N) is 3. The largest absolute Gasteiger partial charge is 0.497 e. The van der Waals surface area contributed by atoms with Gasteiger partial charge in [0.1, 0.15) is 5.75 Å². The molecule has 0 aliphatic rings. The van der Waals surface area contributed by atoms with Crippen LogP contribution in [0.15, 0.2) is 29.1 Å². The van der Waals surface area contributed by atoms with Gasteiger partial charge in [0.2, 0.25) is 0 Å². The van der Waals surface area contributed by atoms with E-state index in [0.29, 0.717) is 12.2 Å². The SMILES string of the molecule is CCn1nc2c(C)cc3ccc(OC)cc3n2c1=O. The molecule has 0 spiro atoms. The predicted octanol–water partition coefficient (Wildman–Crippen LogP) is 1.99. The van der Waals surface area contributed by atoms with Crippen LogP contribution in [0.3, 0.4) is 0 Å². The average molecular weight is 257 g/mol. The Morgan fingerprint density at radius 2 is 2.11 bits per heavy atom. The average Bonchev–Trinajstić information content (AvgIpc) is 2.77. The van der Waals surface area contributed by atoms with E-state index in [1.165, 1.54) is 4.68 Å². The third-order valence-corrected chi connectivity index (χ3v) is 3.34. The van der Waals surface area contributed by atoms with E-state index in [4.69, 9.17) is 4.74 Å². The number of benzene rings is 1. The highest BCUT2D eigenvalue weighted by atomic mass is 16.5. The maximum absolute atomic E-state index is 12.3. The summed E-state index contributed by atoms with van der Waals surface area (Å²) in [6.45, 7) is 4.43. The van der Waals surface area contributed by atoms with E-state index in [1.807, 2.05) is 38.1 Å². The molecule has 2 aromatic heterocycles. The fraction of sp³-hybridized carbons (Fsp3) is 0.286. The molecule has 2 heterocycles. The highest BCUT2D eigenvalue weighted by Gasteiger charge is 2.12. The molecule has 98 valence electrons. The van der Waals surface area contributed by atoms with Gasteiger partial charge in [-0.3, -0.25) is 0 Å². The van der Waals surface area contributed by atoms with Crippen LogP contribution in [0.4, 0.5) is 0 Å². The molecule has 0 unspecified atom stereocenters. The van der Waals surface area contributed by atoms with Gasteiger partial charge in [0.05, 0.1) is 12.6 Å².